The van der Waals surface area contributed by atoms with Crippen molar-refractivity contribution in [3.8, 4) is 0 Å². The van der Waals surface area contributed by atoms with Crippen LogP contribution in [0.4, 0.5) is 0 Å². The Morgan fingerprint density at radius 1 is 1.37 bits per heavy atom. The first-order chi connectivity index (χ1) is 9.15. The molecule has 0 atom stereocenters. The second-order valence-corrected chi connectivity index (χ2v) is 3.87. The highest BCUT2D eigenvalue weighted by Crippen LogP contribution is 2.05. The number of carbonyl (C=O) groups is 2. The first kappa shape index (κ1) is 14.9. The van der Waals surface area contributed by atoms with E-state index in [0.717, 1.165) is 5.56 Å². The molecule has 102 valence electrons. The van der Waals surface area contributed by atoms with Gasteiger partial charge in [0.25, 0.3) is 0 Å². The van der Waals surface area contributed by atoms with Crippen LogP contribution in [0.5, 0.6) is 0 Å². The predicted molar refractivity (Wildman–Crippen MR) is 70.0 cm³/mol. The molecular formula is C14H17NO4. The second-order valence-electron chi connectivity index (χ2n) is 3.87. The number of aromatic nitrogens is 1. The van der Waals surface area contributed by atoms with Crippen molar-refractivity contribution in [2.45, 2.75) is 26.2 Å². The van der Waals surface area contributed by atoms with Gasteiger partial charge in [-0.05, 0) is 30.2 Å². The maximum absolute atomic E-state index is 11.5. The summed E-state index contributed by atoms with van der Waals surface area (Å²) < 4.78 is 9.53. The van der Waals surface area contributed by atoms with Crippen LogP contribution in [0.3, 0.4) is 0 Å². The molecule has 1 aromatic heterocycles. The summed E-state index contributed by atoms with van der Waals surface area (Å²) in [6.45, 7) is 5.13. The Morgan fingerprint density at radius 3 is 2.79 bits per heavy atom. The number of nitrogens with zero attached hydrogens (tertiary/aromatic N) is 1. The molecule has 0 saturated heterocycles. The molecule has 0 aliphatic rings. The number of rotatable bonds is 7. The molecule has 0 spiro atoms. The molecule has 0 aliphatic carbocycles. The minimum Gasteiger partial charge on any atom is -0.428 e. The summed E-state index contributed by atoms with van der Waals surface area (Å²) in [6, 6.07) is 3.47. The van der Waals surface area contributed by atoms with E-state index in [-0.39, 0.29) is 19.2 Å². The topological polar surface area (TPSA) is 65.5 Å². The van der Waals surface area contributed by atoms with Gasteiger partial charge in [0.2, 0.25) is 6.79 Å². The maximum atomic E-state index is 11.5. The van der Waals surface area contributed by atoms with Crippen molar-refractivity contribution in [3.05, 3.63) is 36.2 Å². The minimum absolute atomic E-state index is 0.106. The average molecular weight is 263 g/mol. The Kier molecular flexibility index (Phi) is 6.29. The van der Waals surface area contributed by atoms with Gasteiger partial charge >= 0.3 is 11.9 Å². The van der Waals surface area contributed by atoms with Crippen molar-refractivity contribution < 1.29 is 19.1 Å². The second kappa shape index (κ2) is 8.02. The fourth-order valence-corrected chi connectivity index (χ4v) is 1.37. The van der Waals surface area contributed by atoms with E-state index in [2.05, 4.69) is 11.6 Å². The lowest BCUT2D eigenvalue weighted by atomic mass is 10.1. The Labute approximate surface area is 112 Å². The van der Waals surface area contributed by atoms with Gasteiger partial charge in [-0.15, -0.1) is 0 Å². The fourth-order valence-electron chi connectivity index (χ4n) is 1.37. The van der Waals surface area contributed by atoms with Crippen LogP contribution >= 0.6 is 0 Å². The smallest absolute Gasteiger partial charge is 0.313 e. The third-order valence-electron chi connectivity index (χ3n) is 2.30. The molecule has 5 nitrogen and oxygen atoms in total. The lowest BCUT2D eigenvalue weighted by Gasteiger charge is -2.06. The summed E-state index contributed by atoms with van der Waals surface area (Å²) in [6.07, 6.45) is 4.33. The molecule has 5 heteroatoms. The van der Waals surface area contributed by atoms with Gasteiger partial charge < -0.3 is 9.47 Å². The van der Waals surface area contributed by atoms with Crippen LogP contribution in [0.15, 0.2) is 24.9 Å². The van der Waals surface area contributed by atoms with Gasteiger partial charge in [0.15, 0.2) is 0 Å². The van der Waals surface area contributed by atoms with E-state index in [1.165, 1.54) is 0 Å². The summed E-state index contributed by atoms with van der Waals surface area (Å²) in [4.78, 5) is 26.6. The molecule has 0 unspecified atom stereocenters. The summed E-state index contributed by atoms with van der Waals surface area (Å²) >= 11 is 0. The molecule has 0 amide bonds. The van der Waals surface area contributed by atoms with Crippen molar-refractivity contribution >= 4 is 18.0 Å². The predicted octanol–water partition coefficient (Wildman–Crippen LogP) is 2.11. The van der Waals surface area contributed by atoms with Gasteiger partial charge in [-0.25, -0.2) is 0 Å². The number of hydrogen-bond donors (Lipinski definition) is 0. The van der Waals surface area contributed by atoms with Crippen LogP contribution in [-0.4, -0.2) is 23.7 Å². The molecule has 19 heavy (non-hydrogen) atoms. The zero-order chi connectivity index (χ0) is 14.1. The minimum atomic E-state index is -0.453. The third kappa shape index (κ3) is 5.81. The lowest BCUT2D eigenvalue weighted by molar-refractivity contribution is -0.166. The first-order valence-electron chi connectivity index (χ1n) is 6.04. The van der Waals surface area contributed by atoms with Gasteiger partial charge in [0.05, 0.1) is 12.1 Å². The molecule has 0 aliphatic heterocycles. The molecule has 0 bridgehead atoms. The highest BCUT2D eigenvalue weighted by Gasteiger charge is 2.07. The number of ether oxygens (including phenoxy) is 2. The first-order valence-corrected chi connectivity index (χ1v) is 6.04. The fraction of sp³-hybridized carbons (Fsp3) is 0.357. The monoisotopic (exact) mass is 263 g/mol. The van der Waals surface area contributed by atoms with E-state index < -0.39 is 5.97 Å². The normalized spacial score (nSPS) is 9.74. The van der Waals surface area contributed by atoms with Crippen LogP contribution in [-0.2, 0) is 25.5 Å². The van der Waals surface area contributed by atoms with E-state index in [0.29, 0.717) is 18.5 Å². The van der Waals surface area contributed by atoms with Crippen LogP contribution in [0.1, 0.15) is 31.0 Å². The number of carbonyl (C=O) groups excluding carboxylic acids is 2. The number of hydrogen-bond acceptors (Lipinski definition) is 5. The van der Waals surface area contributed by atoms with Crippen LogP contribution in [0.2, 0.25) is 0 Å². The molecule has 1 heterocycles. The van der Waals surface area contributed by atoms with E-state index in [4.69, 9.17) is 9.47 Å². The van der Waals surface area contributed by atoms with Crippen molar-refractivity contribution in [2.75, 3.05) is 6.79 Å². The van der Waals surface area contributed by atoms with E-state index in [1.807, 2.05) is 6.92 Å². The Balaban J connectivity index is 2.34. The van der Waals surface area contributed by atoms with E-state index >= 15 is 0 Å². The standard InChI is InChI=1S/C14H17NO4/c1-3-5-13(16)18-10-19-14(17)9-11-6-7-15-12(4-2)8-11/h4,6-8H,2-3,5,9-10H2,1H3. The van der Waals surface area contributed by atoms with Crippen molar-refractivity contribution in [1.29, 1.82) is 0 Å². The molecule has 1 rings (SSSR count). The SMILES string of the molecule is C=Cc1cc(CC(=O)OCOC(=O)CCC)ccn1. The van der Waals surface area contributed by atoms with E-state index in [1.54, 1.807) is 24.4 Å². The van der Waals surface area contributed by atoms with Crippen molar-refractivity contribution in [2.24, 2.45) is 0 Å². The Hall–Kier alpha value is -2.17. The van der Waals surface area contributed by atoms with Crippen molar-refractivity contribution in [1.82, 2.24) is 4.98 Å². The summed E-state index contributed by atoms with van der Waals surface area (Å²) in [5.41, 5.74) is 1.47. The molecule has 0 N–H and O–H groups in total. The number of esters is 2. The quantitative estimate of drug-likeness (QED) is 0.557. The summed E-state index contributed by atoms with van der Waals surface area (Å²) in [7, 11) is 0. The highest BCUT2D eigenvalue weighted by molar-refractivity contribution is 5.73. The largest absolute Gasteiger partial charge is 0.428 e. The lowest BCUT2D eigenvalue weighted by Crippen LogP contribution is -2.14. The molecule has 0 fully saturated rings. The molecule has 0 aromatic carbocycles. The molecule has 0 saturated carbocycles. The van der Waals surface area contributed by atoms with Gasteiger partial charge in [-0.3, -0.25) is 14.6 Å². The van der Waals surface area contributed by atoms with Crippen LogP contribution in [0.25, 0.3) is 6.08 Å². The molecular weight excluding hydrogens is 246 g/mol. The highest BCUT2D eigenvalue weighted by atomic mass is 16.7. The number of pyridine rings is 1. The van der Waals surface area contributed by atoms with Gasteiger partial charge in [-0.1, -0.05) is 13.5 Å². The van der Waals surface area contributed by atoms with Gasteiger partial charge in [0.1, 0.15) is 0 Å². The average Bonchev–Trinajstić information content (AvgIpc) is 2.39. The Morgan fingerprint density at radius 2 is 2.11 bits per heavy atom. The van der Waals surface area contributed by atoms with E-state index in [9.17, 15) is 9.59 Å². The maximum Gasteiger partial charge on any atom is 0.313 e. The van der Waals surface area contributed by atoms with Crippen LogP contribution < -0.4 is 0 Å². The Bertz CT molecular complexity index is 457. The van der Waals surface area contributed by atoms with Gasteiger partial charge in [0, 0.05) is 12.6 Å². The zero-order valence-corrected chi connectivity index (χ0v) is 10.9. The molecule has 0 radical (unpaired) electrons. The van der Waals surface area contributed by atoms with Crippen LogP contribution in [0, 0.1) is 0 Å². The third-order valence-corrected chi connectivity index (χ3v) is 2.30. The zero-order valence-electron chi connectivity index (χ0n) is 10.9. The van der Waals surface area contributed by atoms with Gasteiger partial charge in [-0.2, -0.15) is 0 Å². The summed E-state index contributed by atoms with van der Waals surface area (Å²) in [5, 5.41) is 0. The van der Waals surface area contributed by atoms with Crippen molar-refractivity contribution in [3.63, 3.8) is 0 Å². The summed E-state index contributed by atoms with van der Waals surface area (Å²) in [5.74, 6) is -0.821. The molecule has 1 aromatic rings.